The molecule has 5 aliphatic rings. The first-order valence-corrected chi connectivity index (χ1v) is 19.9. The summed E-state index contributed by atoms with van der Waals surface area (Å²) in [5.74, 6) is 2.16. The molecular formula is C44H52N6O4. The minimum atomic E-state index is -0.538. The Hall–Kier alpha value is -4.86. The van der Waals surface area contributed by atoms with Crippen LogP contribution in [-0.4, -0.2) is 74.2 Å². The van der Waals surface area contributed by atoms with Gasteiger partial charge in [0.05, 0.1) is 35.7 Å². The van der Waals surface area contributed by atoms with Gasteiger partial charge in [-0.3, -0.25) is 14.8 Å². The van der Waals surface area contributed by atoms with Crippen molar-refractivity contribution in [3.63, 3.8) is 0 Å². The van der Waals surface area contributed by atoms with Crippen LogP contribution < -0.4 is 5.32 Å². The first-order valence-electron chi connectivity index (χ1n) is 19.9. The van der Waals surface area contributed by atoms with Crippen molar-refractivity contribution in [2.75, 3.05) is 13.1 Å². The van der Waals surface area contributed by atoms with Crippen LogP contribution in [0.2, 0.25) is 0 Å². The highest BCUT2D eigenvalue weighted by Gasteiger charge is 2.51. The van der Waals surface area contributed by atoms with Crippen molar-refractivity contribution in [2.45, 2.75) is 122 Å². The molecule has 2 saturated heterocycles. The molecule has 3 aromatic carbocycles. The molecule has 2 amide bonds. The summed E-state index contributed by atoms with van der Waals surface area (Å²) in [4.78, 5) is 43.6. The molecule has 0 radical (unpaired) electrons. The number of H-pyrrole nitrogens is 1. The van der Waals surface area contributed by atoms with E-state index in [9.17, 15) is 9.59 Å². The Labute approximate surface area is 317 Å². The van der Waals surface area contributed by atoms with Gasteiger partial charge in [0, 0.05) is 12.6 Å². The number of nitrogens with one attached hydrogen (secondary N) is 2. The molecule has 1 aromatic heterocycles. The molecule has 10 heteroatoms. The number of likely N-dealkylation sites (tertiary alicyclic amines) is 2. The van der Waals surface area contributed by atoms with Gasteiger partial charge in [0.25, 0.3) is 0 Å². The number of aryl methyl sites for hydroxylation is 2. The lowest BCUT2D eigenvalue weighted by Crippen LogP contribution is -2.46. The molecule has 4 aromatic rings. The van der Waals surface area contributed by atoms with Crippen molar-refractivity contribution in [2.24, 2.45) is 10.9 Å². The van der Waals surface area contributed by atoms with Crippen molar-refractivity contribution in [3.05, 3.63) is 77.1 Å². The van der Waals surface area contributed by atoms with Crippen molar-refractivity contribution >= 4 is 29.1 Å². The fourth-order valence-electron chi connectivity index (χ4n) is 9.52. The summed E-state index contributed by atoms with van der Waals surface area (Å²) in [6, 6.07) is 20.4. The van der Waals surface area contributed by atoms with Crippen molar-refractivity contribution in [1.29, 1.82) is 0 Å². The number of aliphatic imine (C=N–C) groups is 1. The number of nitrogens with zero attached hydrogens (tertiary/aromatic N) is 4. The van der Waals surface area contributed by atoms with Gasteiger partial charge in [-0.25, -0.2) is 14.6 Å². The van der Waals surface area contributed by atoms with Crippen LogP contribution in [0.25, 0.3) is 33.3 Å². The molecule has 3 aliphatic heterocycles. The molecule has 2 bridgehead atoms. The van der Waals surface area contributed by atoms with E-state index in [-0.39, 0.29) is 36.4 Å². The quantitative estimate of drug-likeness (QED) is 0.217. The highest BCUT2D eigenvalue weighted by atomic mass is 16.6. The zero-order chi connectivity index (χ0) is 37.5. The minimum Gasteiger partial charge on any atom is -0.444 e. The number of hydrogen-bond donors (Lipinski definition) is 2. The van der Waals surface area contributed by atoms with E-state index in [0.717, 1.165) is 73.2 Å². The van der Waals surface area contributed by atoms with Gasteiger partial charge < -0.3 is 19.8 Å². The van der Waals surface area contributed by atoms with E-state index in [0.29, 0.717) is 19.0 Å². The number of aromatic nitrogens is 2. The Bertz CT molecular complexity index is 2180. The molecule has 4 heterocycles. The van der Waals surface area contributed by atoms with E-state index in [4.69, 9.17) is 19.5 Å². The topological polar surface area (TPSA) is 112 Å². The van der Waals surface area contributed by atoms with E-state index in [1.165, 1.54) is 33.4 Å². The Balaban J connectivity index is 0.906. The molecule has 282 valence electrons. The second-order valence-electron chi connectivity index (χ2n) is 18.0. The van der Waals surface area contributed by atoms with Gasteiger partial charge in [-0.1, -0.05) is 42.5 Å². The zero-order valence-corrected chi connectivity index (χ0v) is 32.4. The molecule has 1 saturated carbocycles. The predicted molar refractivity (Wildman–Crippen MR) is 210 cm³/mol. The Morgan fingerprint density at radius 1 is 0.815 bits per heavy atom. The van der Waals surface area contributed by atoms with Crippen LogP contribution in [0.1, 0.15) is 108 Å². The normalized spacial score (nSPS) is 24.7. The molecule has 5 atom stereocenters. The van der Waals surface area contributed by atoms with Gasteiger partial charge in [-0.2, -0.15) is 0 Å². The average Bonchev–Trinajstić information content (AvgIpc) is 3.97. The molecule has 2 aliphatic carbocycles. The summed E-state index contributed by atoms with van der Waals surface area (Å²) < 4.78 is 11.5. The number of rotatable bonds is 4. The van der Waals surface area contributed by atoms with E-state index in [1.807, 2.05) is 51.3 Å². The molecule has 2 N–H and O–H groups in total. The maximum absolute atomic E-state index is 13.3. The summed E-state index contributed by atoms with van der Waals surface area (Å²) >= 11 is 0. The van der Waals surface area contributed by atoms with Crippen LogP contribution >= 0.6 is 0 Å². The summed E-state index contributed by atoms with van der Waals surface area (Å²) in [6.07, 6.45) is 6.46. The Morgan fingerprint density at radius 3 is 2.30 bits per heavy atom. The monoisotopic (exact) mass is 728 g/mol. The lowest BCUT2D eigenvalue weighted by molar-refractivity contribution is 0.00617. The standard InChI is InChI=1S/C44H52N6O4/c1-43(2,3)53-41(51)49-19-7-8-37(49)39-45-24-36(48-39)29-13-17-33-28(21-29)10-9-27-20-25(12-16-32(27)33)26-14-18-34-35(23-26)47-40(46-34)38-30-11-15-31(22-30)50(38)42(52)54-44(4,5)6/h12-14,16-18,20-21,23,30-31,36-38H,7-11,15,19,22,24H2,1-6H3,(H,45,48)(H,46,47)/t30-,31+,36?,37-,38?/m0/s1. The van der Waals surface area contributed by atoms with Crippen LogP contribution in [0.15, 0.2) is 59.6 Å². The largest absolute Gasteiger partial charge is 0.444 e. The zero-order valence-electron chi connectivity index (χ0n) is 32.4. The maximum Gasteiger partial charge on any atom is 0.411 e. The third kappa shape index (κ3) is 6.41. The molecule has 0 spiro atoms. The molecule has 9 rings (SSSR count). The molecule has 10 nitrogen and oxygen atoms in total. The van der Waals surface area contributed by atoms with Gasteiger partial charge in [-0.05, 0) is 143 Å². The van der Waals surface area contributed by atoms with Gasteiger partial charge in [0.15, 0.2) is 0 Å². The summed E-state index contributed by atoms with van der Waals surface area (Å²) in [7, 11) is 0. The number of carbonyl (C=O) groups is 2. The lowest BCUT2D eigenvalue weighted by atomic mass is 9.83. The van der Waals surface area contributed by atoms with E-state index in [1.54, 1.807) is 0 Å². The number of aromatic amines is 1. The lowest BCUT2D eigenvalue weighted by Gasteiger charge is -2.35. The van der Waals surface area contributed by atoms with Crippen molar-refractivity contribution < 1.29 is 19.1 Å². The SMILES string of the molecule is CC(C)(C)OC(=O)N1CCC[C@H]1C1=NCC(c2ccc3c(c2)CCc2cc(-c4ccc5nc(C6[C@H]7CC[C@H](C7)N6C(=O)OC(C)(C)C)[nH]c5c4)ccc2-3)N1. The number of carbonyl (C=O) groups excluding carboxylic acids is 2. The first-order chi connectivity index (χ1) is 25.8. The molecular weight excluding hydrogens is 677 g/mol. The number of amides is 2. The van der Waals surface area contributed by atoms with Crippen LogP contribution in [-0.2, 0) is 22.3 Å². The van der Waals surface area contributed by atoms with Crippen molar-refractivity contribution in [3.8, 4) is 22.3 Å². The molecule has 2 unspecified atom stereocenters. The highest BCUT2D eigenvalue weighted by molar-refractivity contribution is 5.92. The number of benzene rings is 3. The number of piperidine rings is 1. The smallest absolute Gasteiger partial charge is 0.411 e. The Kier molecular flexibility index (Phi) is 8.32. The number of amidine groups is 1. The second kappa shape index (κ2) is 12.9. The van der Waals surface area contributed by atoms with Gasteiger partial charge in [0.2, 0.25) is 0 Å². The maximum atomic E-state index is 13.3. The first kappa shape index (κ1) is 34.9. The highest BCUT2D eigenvalue weighted by Crippen LogP contribution is 2.50. The predicted octanol–water partition coefficient (Wildman–Crippen LogP) is 8.90. The van der Waals surface area contributed by atoms with Crippen molar-refractivity contribution in [1.82, 2.24) is 25.1 Å². The second-order valence-corrected chi connectivity index (χ2v) is 18.0. The van der Waals surface area contributed by atoms with Gasteiger partial charge in [-0.15, -0.1) is 0 Å². The third-order valence-corrected chi connectivity index (χ3v) is 11.9. The summed E-state index contributed by atoms with van der Waals surface area (Å²) in [5.41, 5.74) is 9.74. The third-order valence-electron chi connectivity index (χ3n) is 11.9. The van der Waals surface area contributed by atoms with Crippen LogP contribution in [0.5, 0.6) is 0 Å². The molecule has 54 heavy (non-hydrogen) atoms. The van der Waals surface area contributed by atoms with E-state index >= 15 is 0 Å². The number of imidazole rings is 1. The Morgan fingerprint density at radius 2 is 1.52 bits per heavy atom. The number of fused-ring (bicyclic) bond motifs is 6. The van der Waals surface area contributed by atoms with Crippen LogP contribution in [0.4, 0.5) is 9.59 Å². The van der Waals surface area contributed by atoms with Crippen LogP contribution in [0.3, 0.4) is 0 Å². The van der Waals surface area contributed by atoms with E-state index < -0.39 is 11.2 Å². The van der Waals surface area contributed by atoms with E-state index in [2.05, 4.69) is 64.9 Å². The average molecular weight is 729 g/mol. The fraction of sp³-hybridized carbons (Fsp3) is 0.500. The summed E-state index contributed by atoms with van der Waals surface area (Å²) in [5, 5.41) is 3.67. The fourth-order valence-corrected chi connectivity index (χ4v) is 9.52. The minimum absolute atomic E-state index is 0.0588. The van der Waals surface area contributed by atoms with Gasteiger partial charge >= 0.3 is 12.2 Å². The number of ether oxygens (including phenoxy) is 2. The number of hydrogen-bond acceptors (Lipinski definition) is 7. The van der Waals surface area contributed by atoms with Gasteiger partial charge in [0.1, 0.15) is 22.9 Å². The molecule has 3 fully saturated rings. The van der Waals surface area contributed by atoms with Crippen LogP contribution in [0, 0.1) is 5.92 Å². The summed E-state index contributed by atoms with van der Waals surface area (Å²) in [6.45, 7) is 12.9.